The van der Waals surface area contributed by atoms with Crippen LogP contribution in [0.15, 0.2) is 40.2 Å². The highest BCUT2D eigenvalue weighted by molar-refractivity contribution is 7.91. The van der Waals surface area contributed by atoms with Crippen LogP contribution in [0.2, 0.25) is 0 Å². The third-order valence-corrected chi connectivity index (χ3v) is 8.19. The van der Waals surface area contributed by atoms with Crippen molar-refractivity contribution in [3.63, 3.8) is 0 Å². The zero-order chi connectivity index (χ0) is 16.1. The van der Waals surface area contributed by atoms with Gasteiger partial charge in [0.05, 0.1) is 11.1 Å². The van der Waals surface area contributed by atoms with Crippen molar-refractivity contribution in [3.8, 4) is 0 Å². The van der Waals surface area contributed by atoms with Gasteiger partial charge in [0.2, 0.25) is 0 Å². The van der Waals surface area contributed by atoms with E-state index in [0.717, 1.165) is 6.42 Å². The Morgan fingerprint density at radius 3 is 2.70 bits per heavy atom. The zero-order valence-corrected chi connectivity index (χ0v) is 14.1. The second-order valence-corrected chi connectivity index (χ2v) is 9.10. The molecule has 1 spiro atoms. The molecule has 2 aromatic heterocycles. The molecule has 0 radical (unpaired) electrons. The molecule has 8 heteroatoms. The predicted molar refractivity (Wildman–Crippen MR) is 86.9 cm³/mol. The number of nitrogens with zero attached hydrogens (tertiary/aromatic N) is 2. The van der Waals surface area contributed by atoms with Gasteiger partial charge in [0, 0.05) is 32.0 Å². The fourth-order valence-electron chi connectivity index (χ4n) is 3.49. The van der Waals surface area contributed by atoms with Crippen molar-refractivity contribution in [2.45, 2.75) is 22.6 Å². The van der Waals surface area contributed by atoms with Crippen LogP contribution < -0.4 is 0 Å². The van der Waals surface area contributed by atoms with Crippen LogP contribution in [0.3, 0.4) is 0 Å². The van der Waals surface area contributed by atoms with Crippen LogP contribution in [-0.4, -0.2) is 53.7 Å². The lowest BCUT2D eigenvalue weighted by Crippen LogP contribution is -2.63. The van der Waals surface area contributed by atoms with E-state index < -0.39 is 15.6 Å². The first-order valence-corrected chi connectivity index (χ1v) is 9.83. The van der Waals surface area contributed by atoms with Gasteiger partial charge >= 0.3 is 0 Å². The number of likely N-dealkylation sites (tertiary alicyclic amines) is 1. The summed E-state index contributed by atoms with van der Waals surface area (Å²) in [5.74, 6) is -0.0384. The van der Waals surface area contributed by atoms with Crippen molar-refractivity contribution in [2.24, 2.45) is 0 Å². The van der Waals surface area contributed by atoms with Gasteiger partial charge in [-0.05, 0) is 30.4 Å². The highest BCUT2D eigenvalue weighted by atomic mass is 32.2. The van der Waals surface area contributed by atoms with E-state index in [9.17, 15) is 13.2 Å². The Labute approximate surface area is 138 Å². The number of H-pyrrole nitrogens is 1. The summed E-state index contributed by atoms with van der Waals surface area (Å²) in [5, 5.41) is 1.77. The quantitative estimate of drug-likeness (QED) is 0.916. The van der Waals surface area contributed by atoms with E-state index in [1.807, 2.05) is 0 Å². The molecular weight excluding hydrogens is 334 g/mol. The van der Waals surface area contributed by atoms with Crippen molar-refractivity contribution < 1.29 is 13.2 Å². The Bertz CT molecular complexity index is 814. The highest BCUT2D eigenvalue weighted by Gasteiger charge is 2.55. The SMILES string of the molecule is O=C(c1cc[nH]c1)N1CCC2(CCN2S(=O)(=O)c2cccs2)C1. The third-order valence-electron chi connectivity index (χ3n) is 4.81. The van der Waals surface area contributed by atoms with E-state index in [1.54, 1.807) is 45.2 Å². The minimum absolute atomic E-state index is 0.0384. The summed E-state index contributed by atoms with van der Waals surface area (Å²) in [6, 6.07) is 5.14. The molecule has 4 rings (SSSR count). The summed E-state index contributed by atoms with van der Waals surface area (Å²) >= 11 is 1.24. The number of amides is 1. The molecule has 1 unspecified atom stereocenters. The number of nitrogens with one attached hydrogen (secondary N) is 1. The van der Waals surface area contributed by atoms with Crippen molar-refractivity contribution in [2.75, 3.05) is 19.6 Å². The first kappa shape index (κ1) is 14.9. The van der Waals surface area contributed by atoms with Crippen LogP contribution >= 0.6 is 11.3 Å². The number of thiophene rings is 1. The van der Waals surface area contributed by atoms with Crippen LogP contribution in [0, 0.1) is 0 Å². The topological polar surface area (TPSA) is 73.5 Å². The number of aromatic amines is 1. The normalized spacial score (nSPS) is 25.0. The smallest absolute Gasteiger partial charge is 0.255 e. The average molecular weight is 351 g/mol. The van der Waals surface area contributed by atoms with E-state index in [4.69, 9.17) is 0 Å². The van der Waals surface area contributed by atoms with Gasteiger partial charge in [-0.15, -0.1) is 11.3 Å². The summed E-state index contributed by atoms with van der Waals surface area (Å²) in [6.07, 6.45) is 4.91. The van der Waals surface area contributed by atoms with E-state index in [-0.39, 0.29) is 5.91 Å². The molecule has 1 N–H and O–H groups in total. The van der Waals surface area contributed by atoms with Crippen LogP contribution in [0.25, 0.3) is 0 Å². The minimum Gasteiger partial charge on any atom is -0.367 e. The summed E-state index contributed by atoms with van der Waals surface area (Å²) < 4.78 is 27.5. The lowest BCUT2D eigenvalue weighted by molar-refractivity contribution is 0.0625. The number of rotatable bonds is 3. The van der Waals surface area contributed by atoms with Crippen LogP contribution in [0.5, 0.6) is 0 Å². The molecule has 0 bridgehead atoms. The van der Waals surface area contributed by atoms with Gasteiger partial charge < -0.3 is 9.88 Å². The lowest BCUT2D eigenvalue weighted by Gasteiger charge is -2.48. The molecular formula is C15H17N3O3S2. The Kier molecular flexibility index (Phi) is 3.36. The van der Waals surface area contributed by atoms with Crippen LogP contribution in [0.1, 0.15) is 23.2 Å². The first-order chi connectivity index (χ1) is 11.0. The van der Waals surface area contributed by atoms with E-state index >= 15 is 0 Å². The van der Waals surface area contributed by atoms with Crippen molar-refractivity contribution in [1.29, 1.82) is 0 Å². The maximum atomic E-state index is 12.8. The Morgan fingerprint density at radius 1 is 1.26 bits per heavy atom. The Morgan fingerprint density at radius 2 is 2.09 bits per heavy atom. The monoisotopic (exact) mass is 351 g/mol. The second kappa shape index (κ2) is 5.19. The van der Waals surface area contributed by atoms with Crippen molar-refractivity contribution >= 4 is 27.3 Å². The van der Waals surface area contributed by atoms with E-state index in [2.05, 4.69) is 4.98 Å². The van der Waals surface area contributed by atoms with Gasteiger partial charge in [0.25, 0.3) is 15.9 Å². The maximum Gasteiger partial charge on any atom is 0.255 e. The molecule has 2 aliphatic rings. The molecule has 0 aromatic carbocycles. The summed E-state index contributed by atoms with van der Waals surface area (Å²) in [7, 11) is -3.45. The Hall–Kier alpha value is -1.64. The van der Waals surface area contributed by atoms with Crippen molar-refractivity contribution in [3.05, 3.63) is 41.5 Å². The summed E-state index contributed by atoms with van der Waals surface area (Å²) in [6.45, 7) is 1.61. The molecule has 2 aliphatic heterocycles. The molecule has 0 saturated carbocycles. The molecule has 4 heterocycles. The highest BCUT2D eigenvalue weighted by Crippen LogP contribution is 2.43. The molecule has 2 fully saturated rings. The molecule has 6 nitrogen and oxygen atoms in total. The maximum absolute atomic E-state index is 12.8. The molecule has 1 atom stereocenters. The number of hydrogen-bond acceptors (Lipinski definition) is 4. The summed E-state index contributed by atoms with van der Waals surface area (Å²) in [4.78, 5) is 17.1. The number of aromatic nitrogens is 1. The van der Waals surface area contributed by atoms with E-state index in [1.165, 1.54) is 11.3 Å². The zero-order valence-electron chi connectivity index (χ0n) is 12.4. The van der Waals surface area contributed by atoms with Crippen LogP contribution in [-0.2, 0) is 10.0 Å². The summed E-state index contributed by atoms with van der Waals surface area (Å²) in [5.41, 5.74) is 0.198. The molecule has 2 aromatic rings. The number of carbonyl (C=O) groups is 1. The number of hydrogen-bond donors (Lipinski definition) is 1. The largest absolute Gasteiger partial charge is 0.367 e. The average Bonchev–Trinajstić information content (AvgIpc) is 3.25. The molecule has 0 aliphatic carbocycles. The number of sulfonamides is 1. The lowest BCUT2D eigenvalue weighted by atomic mass is 9.87. The standard InChI is InChI=1S/C15H17N3O3S2/c19-14(12-3-6-16-10-12)17-7-4-15(11-17)5-8-18(15)23(20,21)13-2-1-9-22-13/h1-3,6,9-10,16H,4-5,7-8,11H2. The van der Waals surface area contributed by atoms with Crippen LogP contribution in [0.4, 0.5) is 0 Å². The fourth-order valence-corrected chi connectivity index (χ4v) is 6.41. The molecule has 122 valence electrons. The molecule has 1 amide bonds. The molecule has 23 heavy (non-hydrogen) atoms. The van der Waals surface area contributed by atoms with Crippen molar-refractivity contribution in [1.82, 2.24) is 14.2 Å². The third kappa shape index (κ3) is 2.24. The number of carbonyl (C=O) groups excluding carboxylic acids is 1. The first-order valence-electron chi connectivity index (χ1n) is 7.51. The van der Waals surface area contributed by atoms with Gasteiger partial charge in [-0.25, -0.2) is 8.42 Å². The minimum atomic E-state index is -3.45. The van der Waals surface area contributed by atoms with E-state index in [0.29, 0.717) is 35.8 Å². The van der Waals surface area contributed by atoms with Gasteiger partial charge in [-0.2, -0.15) is 4.31 Å². The van der Waals surface area contributed by atoms with Gasteiger partial charge in [0.1, 0.15) is 4.21 Å². The molecule has 2 saturated heterocycles. The van der Waals surface area contributed by atoms with Gasteiger partial charge in [-0.1, -0.05) is 6.07 Å². The predicted octanol–water partition coefficient (Wildman–Crippen LogP) is 1.76. The second-order valence-electron chi connectivity index (χ2n) is 6.06. The van der Waals surface area contributed by atoms with Gasteiger partial charge in [-0.3, -0.25) is 4.79 Å². The fraction of sp³-hybridized carbons (Fsp3) is 0.400. The Balaban J connectivity index is 1.56. The van der Waals surface area contributed by atoms with Gasteiger partial charge in [0.15, 0.2) is 0 Å².